The summed E-state index contributed by atoms with van der Waals surface area (Å²) >= 11 is 0. The van der Waals surface area contributed by atoms with Crippen LogP contribution in [0.25, 0.3) is 0 Å². The molecule has 0 aliphatic heterocycles. The molecular weight excluding hydrogens is 188 g/mol. The maximum absolute atomic E-state index is 9.47. The van der Waals surface area contributed by atoms with E-state index >= 15 is 0 Å². The first-order valence-electron chi connectivity index (χ1n) is 5.49. The second-order valence-electron chi connectivity index (χ2n) is 3.90. The van der Waals surface area contributed by atoms with E-state index in [4.69, 9.17) is 0 Å². The van der Waals surface area contributed by atoms with Crippen LogP contribution in [0.3, 0.4) is 0 Å². The fraction of sp³-hybridized carbons (Fsp3) is 0.583. The van der Waals surface area contributed by atoms with Crippen molar-refractivity contribution < 1.29 is 5.11 Å². The molecule has 0 spiro atoms. The molecule has 15 heavy (non-hydrogen) atoms. The zero-order chi connectivity index (χ0) is 11.1. The molecule has 0 saturated heterocycles. The lowest BCUT2D eigenvalue weighted by Gasteiger charge is -2.19. The van der Waals surface area contributed by atoms with Gasteiger partial charge in [-0.05, 0) is 25.6 Å². The molecule has 1 rings (SSSR count). The minimum Gasteiger partial charge on any atom is -0.392 e. The van der Waals surface area contributed by atoms with Gasteiger partial charge in [0.15, 0.2) is 0 Å². The topological polar surface area (TPSA) is 36.4 Å². The van der Waals surface area contributed by atoms with Crippen molar-refractivity contribution in [2.45, 2.75) is 25.9 Å². The molecule has 1 N–H and O–H groups in total. The highest BCUT2D eigenvalue weighted by Crippen LogP contribution is 1.98. The van der Waals surface area contributed by atoms with E-state index in [2.05, 4.69) is 9.88 Å². The number of pyridine rings is 1. The van der Waals surface area contributed by atoms with Crippen molar-refractivity contribution in [3.63, 3.8) is 0 Å². The first-order chi connectivity index (χ1) is 7.22. The molecule has 0 fully saturated rings. The standard InChI is InChI=1S/C12H20N2O/c1-3-12(15)10-14(2)9-7-11-6-4-5-8-13-11/h4-6,8,12,15H,3,7,9-10H2,1-2H3. The third-order valence-electron chi connectivity index (χ3n) is 2.47. The van der Waals surface area contributed by atoms with Crippen molar-refractivity contribution in [1.82, 2.24) is 9.88 Å². The molecule has 1 heterocycles. The van der Waals surface area contributed by atoms with Gasteiger partial charge in [-0.25, -0.2) is 0 Å². The summed E-state index contributed by atoms with van der Waals surface area (Å²) in [5, 5.41) is 9.47. The van der Waals surface area contributed by atoms with Crippen molar-refractivity contribution in [3.8, 4) is 0 Å². The highest BCUT2D eigenvalue weighted by Gasteiger charge is 2.05. The molecule has 0 aromatic carbocycles. The predicted molar refractivity (Wildman–Crippen MR) is 61.7 cm³/mol. The van der Waals surface area contributed by atoms with Crippen LogP contribution in [-0.2, 0) is 6.42 Å². The van der Waals surface area contributed by atoms with Gasteiger partial charge in [-0.3, -0.25) is 4.98 Å². The van der Waals surface area contributed by atoms with Gasteiger partial charge in [-0.15, -0.1) is 0 Å². The van der Waals surface area contributed by atoms with Crippen LogP contribution in [0.5, 0.6) is 0 Å². The van der Waals surface area contributed by atoms with Gasteiger partial charge in [0.2, 0.25) is 0 Å². The molecule has 3 heteroatoms. The summed E-state index contributed by atoms with van der Waals surface area (Å²) in [5.74, 6) is 0. The second-order valence-corrected chi connectivity index (χ2v) is 3.90. The van der Waals surface area contributed by atoms with Crippen LogP contribution in [0.2, 0.25) is 0 Å². The van der Waals surface area contributed by atoms with Gasteiger partial charge in [0.25, 0.3) is 0 Å². The van der Waals surface area contributed by atoms with Crippen molar-refractivity contribution in [3.05, 3.63) is 30.1 Å². The first kappa shape index (κ1) is 12.1. The third kappa shape index (κ3) is 4.91. The quantitative estimate of drug-likeness (QED) is 0.766. The number of rotatable bonds is 6. The highest BCUT2D eigenvalue weighted by atomic mass is 16.3. The van der Waals surface area contributed by atoms with Gasteiger partial charge >= 0.3 is 0 Å². The molecule has 0 amide bonds. The van der Waals surface area contributed by atoms with E-state index in [9.17, 15) is 5.11 Å². The Kier molecular flexibility index (Phi) is 5.29. The summed E-state index contributed by atoms with van der Waals surface area (Å²) < 4.78 is 0. The summed E-state index contributed by atoms with van der Waals surface area (Å²) in [6.45, 7) is 3.68. The number of hydrogen-bond donors (Lipinski definition) is 1. The normalized spacial score (nSPS) is 13.1. The van der Waals surface area contributed by atoms with E-state index in [1.807, 2.05) is 38.4 Å². The van der Waals surface area contributed by atoms with Crippen LogP contribution >= 0.6 is 0 Å². The SMILES string of the molecule is CCC(O)CN(C)CCc1ccccn1. The number of aliphatic hydroxyl groups excluding tert-OH is 1. The van der Waals surface area contributed by atoms with Gasteiger partial charge in [-0.1, -0.05) is 13.0 Å². The molecule has 3 nitrogen and oxygen atoms in total. The summed E-state index contributed by atoms with van der Waals surface area (Å²) in [4.78, 5) is 6.40. The maximum atomic E-state index is 9.47. The monoisotopic (exact) mass is 208 g/mol. The minimum absolute atomic E-state index is 0.210. The van der Waals surface area contributed by atoms with Gasteiger partial charge in [0, 0.05) is 31.4 Å². The van der Waals surface area contributed by atoms with Crippen molar-refractivity contribution in [2.24, 2.45) is 0 Å². The molecule has 1 atom stereocenters. The average Bonchev–Trinajstić information content (AvgIpc) is 2.27. The lowest BCUT2D eigenvalue weighted by atomic mass is 10.2. The average molecular weight is 208 g/mol. The second kappa shape index (κ2) is 6.53. The Labute approximate surface area is 91.8 Å². The predicted octanol–water partition coefficient (Wildman–Crippen LogP) is 1.33. The molecule has 0 saturated carbocycles. The largest absolute Gasteiger partial charge is 0.392 e. The molecule has 1 unspecified atom stereocenters. The molecule has 84 valence electrons. The number of hydrogen-bond acceptors (Lipinski definition) is 3. The summed E-state index contributed by atoms with van der Waals surface area (Å²) in [5.41, 5.74) is 1.11. The van der Waals surface area contributed by atoms with E-state index < -0.39 is 0 Å². The molecule has 0 aliphatic rings. The van der Waals surface area contributed by atoms with Crippen LogP contribution in [0, 0.1) is 0 Å². The zero-order valence-corrected chi connectivity index (χ0v) is 9.56. The molecule has 1 aromatic heterocycles. The first-order valence-corrected chi connectivity index (χ1v) is 5.49. The number of nitrogens with zero attached hydrogens (tertiary/aromatic N) is 2. The number of likely N-dealkylation sites (N-methyl/N-ethyl adjacent to an activating group) is 1. The number of aromatic nitrogens is 1. The summed E-state index contributed by atoms with van der Waals surface area (Å²) in [6.07, 6.45) is 3.36. The van der Waals surface area contributed by atoms with E-state index in [-0.39, 0.29) is 6.10 Å². The summed E-state index contributed by atoms with van der Waals surface area (Å²) in [7, 11) is 2.03. The van der Waals surface area contributed by atoms with Crippen molar-refractivity contribution in [1.29, 1.82) is 0 Å². The van der Waals surface area contributed by atoms with Crippen molar-refractivity contribution in [2.75, 3.05) is 20.1 Å². The van der Waals surface area contributed by atoms with Gasteiger partial charge < -0.3 is 10.0 Å². The lowest BCUT2D eigenvalue weighted by Crippen LogP contribution is -2.30. The van der Waals surface area contributed by atoms with Crippen LogP contribution in [-0.4, -0.2) is 41.2 Å². The fourth-order valence-electron chi connectivity index (χ4n) is 1.43. The molecule has 0 radical (unpaired) electrons. The lowest BCUT2D eigenvalue weighted by molar-refractivity contribution is 0.123. The fourth-order valence-corrected chi connectivity index (χ4v) is 1.43. The molecule has 0 aliphatic carbocycles. The van der Waals surface area contributed by atoms with Gasteiger partial charge in [0.1, 0.15) is 0 Å². The van der Waals surface area contributed by atoms with Crippen LogP contribution in [0.4, 0.5) is 0 Å². The zero-order valence-electron chi connectivity index (χ0n) is 9.56. The van der Waals surface area contributed by atoms with Gasteiger partial charge in [0.05, 0.1) is 6.10 Å². The molecular formula is C12H20N2O. The molecule has 0 bridgehead atoms. The van der Waals surface area contributed by atoms with Gasteiger partial charge in [-0.2, -0.15) is 0 Å². The summed E-state index contributed by atoms with van der Waals surface area (Å²) in [6, 6.07) is 5.96. The van der Waals surface area contributed by atoms with Crippen LogP contribution in [0.15, 0.2) is 24.4 Å². The Morgan fingerprint density at radius 1 is 1.47 bits per heavy atom. The Morgan fingerprint density at radius 3 is 2.87 bits per heavy atom. The highest BCUT2D eigenvalue weighted by molar-refractivity contribution is 5.03. The maximum Gasteiger partial charge on any atom is 0.0664 e. The minimum atomic E-state index is -0.210. The van der Waals surface area contributed by atoms with Crippen molar-refractivity contribution >= 4 is 0 Å². The van der Waals surface area contributed by atoms with E-state index in [1.165, 1.54) is 0 Å². The Hall–Kier alpha value is -0.930. The van der Waals surface area contributed by atoms with E-state index in [1.54, 1.807) is 0 Å². The Balaban J connectivity index is 2.25. The Morgan fingerprint density at radius 2 is 2.27 bits per heavy atom. The smallest absolute Gasteiger partial charge is 0.0664 e. The van der Waals surface area contributed by atoms with E-state index in [0.717, 1.165) is 31.6 Å². The third-order valence-corrected chi connectivity index (χ3v) is 2.47. The number of aliphatic hydroxyl groups is 1. The van der Waals surface area contributed by atoms with Crippen LogP contribution < -0.4 is 0 Å². The molecule has 1 aromatic rings. The Bertz CT molecular complexity index is 264. The van der Waals surface area contributed by atoms with E-state index in [0.29, 0.717) is 0 Å². The van der Waals surface area contributed by atoms with Crippen LogP contribution in [0.1, 0.15) is 19.0 Å².